The summed E-state index contributed by atoms with van der Waals surface area (Å²) < 4.78 is 0. The van der Waals surface area contributed by atoms with Crippen LogP contribution in [0.4, 0.5) is 0 Å². The van der Waals surface area contributed by atoms with E-state index in [9.17, 15) is 9.59 Å². The number of nitrogens with two attached hydrogens (primary N) is 1. The van der Waals surface area contributed by atoms with Gasteiger partial charge in [0, 0.05) is 18.7 Å². The summed E-state index contributed by atoms with van der Waals surface area (Å²) in [6, 6.07) is 8.96. The van der Waals surface area contributed by atoms with Crippen molar-refractivity contribution in [3.63, 3.8) is 0 Å². The lowest BCUT2D eigenvalue weighted by molar-refractivity contribution is -0.123. The Hall–Kier alpha value is -1.59. The summed E-state index contributed by atoms with van der Waals surface area (Å²) in [6.07, 6.45) is 1.49. The fraction of sp³-hybridized carbons (Fsp3) is 0.385. The number of rotatable bonds is 5. The molecule has 0 saturated heterocycles. The minimum absolute atomic E-state index is 0. The first-order valence-corrected chi connectivity index (χ1v) is 6.02. The highest BCUT2D eigenvalue weighted by molar-refractivity contribution is 5.94. The molecule has 1 aliphatic rings. The van der Waals surface area contributed by atoms with Crippen molar-refractivity contribution in [1.29, 1.82) is 0 Å². The first-order chi connectivity index (χ1) is 8.62. The molecule has 0 atom stereocenters. The van der Waals surface area contributed by atoms with Crippen LogP contribution in [0.3, 0.4) is 0 Å². The van der Waals surface area contributed by atoms with E-state index in [0.717, 1.165) is 12.8 Å². The van der Waals surface area contributed by atoms with Crippen molar-refractivity contribution >= 4 is 24.2 Å². The van der Waals surface area contributed by atoms with Crippen LogP contribution in [0.5, 0.6) is 0 Å². The molecule has 1 aromatic rings. The number of benzene rings is 1. The Kier molecular flexibility index (Phi) is 5.32. The third-order valence-corrected chi connectivity index (χ3v) is 2.97. The summed E-state index contributed by atoms with van der Waals surface area (Å²) in [5.41, 5.74) is 5.69. The van der Waals surface area contributed by atoms with Crippen molar-refractivity contribution in [3.05, 3.63) is 35.9 Å². The van der Waals surface area contributed by atoms with Crippen molar-refractivity contribution in [2.75, 3.05) is 13.1 Å². The smallest absolute Gasteiger partial charge is 0.251 e. The van der Waals surface area contributed by atoms with E-state index in [4.69, 9.17) is 5.73 Å². The van der Waals surface area contributed by atoms with Gasteiger partial charge >= 0.3 is 0 Å². The van der Waals surface area contributed by atoms with E-state index >= 15 is 0 Å². The molecule has 4 N–H and O–H groups in total. The monoisotopic (exact) mass is 283 g/mol. The normalized spacial score (nSPS) is 15.0. The summed E-state index contributed by atoms with van der Waals surface area (Å²) in [7, 11) is 0. The van der Waals surface area contributed by atoms with Crippen molar-refractivity contribution in [2.24, 2.45) is 5.73 Å². The summed E-state index contributed by atoms with van der Waals surface area (Å²) in [6.45, 7) is 0.798. The summed E-state index contributed by atoms with van der Waals surface area (Å²) in [5, 5.41) is 5.44. The molecule has 0 aliphatic heterocycles. The van der Waals surface area contributed by atoms with E-state index in [1.165, 1.54) is 0 Å². The zero-order valence-corrected chi connectivity index (χ0v) is 11.3. The summed E-state index contributed by atoms with van der Waals surface area (Å²) >= 11 is 0. The lowest BCUT2D eigenvalue weighted by Gasteiger charge is -2.10. The van der Waals surface area contributed by atoms with Gasteiger partial charge in [-0.15, -0.1) is 12.4 Å². The van der Waals surface area contributed by atoms with E-state index in [0.29, 0.717) is 18.7 Å². The molecular weight excluding hydrogens is 266 g/mol. The number of hydrogen-bond acceptors (Lipinski definition) is 3. The van der Waals surface area contributed by atoms with Crippen molar-refractivity contribution < 1.29 is 9.59 Å². The van der Waals surface area contributed by atoms with E-state index in [-0.39, 0.29) is 24.2 Å². The van der Waals surface area contributed by atoms with Crippen LogP contribution >= 0.6 is 12.4 Å². The lowest BCUT2D eigenvalue weighted by Crippen LogP contribution is -2.45. The molecule has 1 aliphatic carbocycles. The first-order valence-electron chi connectivity index (χ1n) is 6.02. The van der Waals surface area contributed by atoms with Crippen LogP contribution in [-0.4, -0.2) is 30.4 Å². The highest BCUT2D eigenvalue weighted by atomic mass is 35.5. The zero-order valence-electron chi connectivity index (χ0n) is 10.5. The van der Waals surface area contributed by atoms with Crippen LogP contribution in [0.2, 0.25) is 0 Å². The molecule has 0 radical (unpaired) electrons. The van der Waals surface area contributed by atoms with Gasteiger partial charge in [-0.1, -0.05) is 18.2 Å². The average molecular weight is 284 g/mol. The number of amides is 2. The van der Waals surface area contributed by atoms with Crippen LogP contribution < -0.4 is 16.4 Å². The lowest BCUT2D eigenvalue weighted by atomic mass is 10.2. The second-order valence-corrected chi connectivity index (χ2v) is 4.53. The Balaban J connectivity index is 0.00000180. The topological polar surface area (TPSA) is 84.2 Å². The van der Waals surface area contributed by atoms with Gasteiger partial charge in [0.15, 0.2) is 0 Å². The maximum absolute atomic E-state index is 11.7. The van der Waals surface area contributed by atoms with Gasteiger partial charge in [0.1, 0.15) is 0 Å². The van der Waals surface area contributed by atoms with Crippen LogP contribution in [0.25, 0.3) is 0 Å². The summed E-state index contributed by atoms with van der Waals surface area (Å²) in [4.78, 5) is 23.1. The van der Waals surface area contributed by atoms with Gasteiger partial charge in [-0.2, -0.15) is 0 Å². The minimum Gasteiger partial charge on any atom is -0.353 e. The van der Waals surface area contributed by atoms with E-state index < -0.39 is 5.54 Å². The fourth-order valence-corrected chi connectivity index (χ4v) is 1.58. The van der Waals surface area contributed by atoms with Crippen LogP contribution in [0, 0.1) is 0 Å². The van der Waals surface area contributed by atoms with Crippen LogP contribution in [-0.2, 0) is 4.79 Å². The molecule has 0 spiro atoms. The molecule has 2 rings (SSSR count). The molecule has 1 saturated carbocycles. The van der Waals surface area contributed by atoms with E-state index in [2.05, 4.69) is 10.6 Å². The molecule has 0 aromatic heterocycles. The third-order valence-electron chi connectivity index (χ3n) is 2.97. The molecule has 2 amide bonds. The van der Waals surface area contributed by atoms with Crippen LogP contribution in [0.15, 0.2) is 30.3 Å². The number of carbonyl (C=O) groups excluding carboxylic acids is 2. The Morgan fingerprint density at radius 3 is 2.26 bits per heavy atom. The predicted octanol–water partition coefficient (Wildman–Crippen LogP) is 0.446. The molecule has 1 fully saturated rings. The second-order valence-electron chi connectivity index (χ2n) is 4.53. The highest BCUT2D eigenvalue weighted by Gasteiger charge is 2.45. The Bertz CT molecular complexity index is 446. The van der Waals surface area contributed by atoms with E-state index in [1.807, 2.05) is 18.2 Å². The Labute approximate surface area is 118 Å². The molecule has 0 heterocycles. The van der Waals surface area contributed by atoms with Gasteiger partial charge in [0.2, 0.25) is 5.91 Å². The zero-order chi connectivity index (χ0) is 13.0. The Morgan fingerprint density at radius 2 is 1.68 bits per heavy atom. The van der Waals surface area contributed by atoms with E-state index in [1.54, 1.807) is 12.1 Å². The van der Waals surface area contributed by atoms with Gasteiger partial charge < -0.3 is 16.4 Å². The van der Waals surface area contributed by atoms with Crippen molar-refractivity contribution in [2.45, 2.75) is 18.4 Å². The third kappa shape index (κ3) is 4.22. The van der Waals surface area contributed by atoms with Gasteiger partial charge in [-0.25, -0.2) is 0 Å². The van der Waals surface area contributed by atoms with Gasteiger partial charge in [0.05, 0.1) is 5.54 Å². The Morgan fingerprint density at radius 1 is 1.11 bits per heavy atom. The van der Waals surface area contributed by atoms with Crippen LogP contribution in [0.1, 0.15) is 23.2 Å². The number of halogens is 1. The number of carbonyl (C=O) groups is 2. The maximum Gasteiger partial charge on any atom is 0.251 e. The predicted molar refractivity (Wildman–Crippen MR) is 75.2 cm³/mol. The maximum atomic E-state index is 11.7. The minimum atomic E-state index is -0.649. The first kappa shape index (κ1) is 15.5. The molecular formula is C13H18ClN3O2. The molecule has 0 bridgehead atoms. The fourth-order valence-electron chi connectivity index (χ4n) is 1.58. The summed E-state index contributed by atoms with van der Waals surface area (Å²) in [5.74, 6) is -0.268. The molecule has 1 aromatic carbocycles. The van der Waals surface area contributed by atoms with Crippen molar-refractivity contribution in [1.82, 2.24) is 10.6 Å². The number of hydrogen-bond donors (Lipinski definition) is 3. The van der Waals surface area contributed by atoms with Gasteiger partial charge in [-0.3, -0.25) is 9.59 Å². The number of nitrogens with one attached hydrogen (secondary N) is 2. The second kappa shape index (κ2) is 6.54. The SMILES string of the molecule is Cl.NC1(C(=O)NCCNC(=O)c2ccccc2)CC1. The standard InChI is InChI=1S/C13H17N3O2.ClH/c14-13(6-7-13)12(18)16-9-8-15-11(17)10-4-2-1-3-5-10;/h1-5H,6-9,14H2,(H,15,17)(H,16,18);1H. The van der Waals surface area contributed by atoms with Crippen molar-refractivity contribution in [3.8, 4) is 0 Å². The quantitative estimate of drug-likeness (QED) is 0.686. The largest absolute Gasteiger partial charge is 0.353 e. The van der Waals surface area contributed by atoms with Gasteiger partial charge in [-0.05, 0) is 25.0 Å². The highest BCUT2D eigenvalue weighted by Crippen LogP contribution is 2.31. The average Bonchev–Trinajstić information content (AvgIpc) is 3.14. The molecule has 6 heteroatoms. The van der Waals surface area contributed by atoms with Gasteiger partial charge in [0.25, 0.3) is 5.91 Å². The molecule has 104 valence electrons. The molecule has 0 unspecified atom stereocenters. The molecule has 19 heavy (non-hydrogen) atoms. The molecule has 5 nitrogen and oxygen atoms in total.